The zero-order valence-electron chi connectivity index (χ0n) is 10.8. The molecule has 102 valence electrons. The number of alkyl halides is 2. The van der Waals surface area contributed by atoms with E-state index in [1.165, 1.54) is 0 Å². The van der Waals surface area contributed by atoms with E-state index in [-0.39, 0.29) is 18.8 Å². The average molecular weight is 250 g/mol. The summed E-state index contributed by atoms with van der Waals surface area (Å²) in [6, 6.07) is 0. The van der Waals surface area contributed by atoms with E-state index in [1.54, 1.807) is 0 Å². The summed E-state index contributed by atoms with van der Waals surface area (Å²) in [5.74, 6) is -2.29. The van der Waals surface area contributed by atoms with E-state index in [4.69, 9.17) is 4.74 Å². The van der Waals surface area contributed by atoms with Crippen LogP contribution in [0.25, 0.3) is 0 Å². The van der Waals surface area contributed by atoms with Crippen LogP contribution in [0.1, 0.15) is 19.3 Å². The first-order valence-corrected chi connectivity index (χ1v) is 6.30. The Balaban J connectivity index is 1.88. The highest BCUT2D eigenvalue weighted by atomic mass is 19.3. The molecule has 5 heteroatoms. The Kier molecular flexibility index (Phi) is 6.30. The number of likely N-dealkylation sites (N-methyl/N-ethyl adjacent to an activating group) is 1. The van der Waals surface area contributed by atoms with Gasteiger partial charge in [-0.2, -0.15) is 0 Å². The largest absolute Gasteiger partial charge is 0.379 e. The molecule has 1 saturated carbocycles. The number of nitrogens with zero attached hydrogens (tertiary/aromatic N) is 1. The molecule has 0 aromatic heterocycles. The van der Waals surface area contributed by atoms with Crippen LogP contribution in [0.5, 0.6) is 0 Å². The second-order valence-electron chi connectivity index (χ2n) is 5.08. The maximum absolute atomic E-state index is 12.9. The normalized spacial score (nSPS) is 23.5. The molecule has 17 heavy (non-hydrogen) atoms. The SMILES string of the molecule is CN(C)CCOCCNCC1CCC(F)(F)C1. The lowest BCUT2D eigenvalue weighted by atomic mass is 10.1. The molecule has 0 amide bonds. The predicted molar refractivity (Wildman–Crippen MR) is 64.5 cm³/mol. The van der Waals surface area contributed by atoms with Gasteiger partial charge < -0.3 is 15.0 Å². The van der Waals surface area contributed by atoms with E-state index in [2.05, 4.69) is 10.2 Å². The van der Waals surface area contributed by atoms with E-state index < -0.39 is 5.92 Å². The third-order valence-corrected chi connectivity index (χ3v) is 3.04. The molecule has 0 bridgehead atoms. The van der Waals surface area contributed by atoms with E-state index >= 15 is 0 Å². The minimum atomic E-state index is -2.42. The van der Waals surface area contributed by atoms with Gasteiger partial charge in [-0.15, -0.1) is 0 Å². The molecule has 1 N–H and O–H groups in total. The summed E-state index contributed by atoms with van der Waals surface area (Å²) in [4.78, 5) is 2.06. The number of hydrogen-bond acceptors (Lipinski definition) is 3. The highest BCUT2D eigenvalue weighted by Gasteiger charge is 2.38. The van der Waals surface area contributed by atoms with Crippen molar-refractivity contribution in [1.82, 2.24) is 10.2 Å². The maximum atomic E-state index is 12.9. The zero-order valence-corrected chi connectivity index (χ0v) is 10.8. The second kappa shape index (κ2) is 7.24. The summed E-state index contributed by atoms with van der Waals surface area (Å²) in [7, 11) is 4.00. The van der Waals surface area contributed by atoms with Crippen molar-refractivity contribution < 1.29 is 13.5 Å². The predicted octanol–water partition coefficient (Wildman–Crippen LogP) is 1.59. The lowest BCUT2D eigenvalue weighted by Crippen LogP contribution is -2.27. The number of hydrogen-bond donors (Lipinski definition) is 1. The number of rotatable bonds is 8. The van der Waals surface area contributed by atoms with Crippen LogP contribution < -0.4 is 5.32 Å². The molecular formula is C12H24F2N2O. The second-order valence-corrected chi connectivity index (χ2v) is 5.08. The van der Waals surface area contributed by atoms with Crippen LogP contribution in [-0.2, 0) is 4.74 Å². The first-order chi connectivity index (χ1) is 7.99. The molecule has 0 spiro atoms. The quantitative estimate of drug-likeness (QED) is 0.662. The Morgan fingerprint density at radius 2 is 2.12 bits per heavy atom. The van der Waals surface area contributed by atoms with Gasteiger partial charge in [-0.3, -0.25) is 0 Å². The van der Waals surface area contributed by atoms with Crippen molar-refractivity contribution in [1.29, 1.82) is 0 Å². The molecular weight excluding hydrogens is 226 g/mol. The van der Waals surface area contributed by atoms with Gasteiger partial charge in [-0.25, -0.2) is 8.78 Å². The summed E-state index contributed by atoms with van der Waals surface area (Å²) in [6.07, 6.45) is 0.738. The van der Waals surface area contributed by atoms with Crippen molar-refractivity contribution in [2.45, 2.75) is 25.2 Å². The van der Waals surface area contributed by atoms with Gasteiger partial charge in [0.1, 0.15) is 0 Å². The molecule has 0 saturated heterocycles. The zero-order chi connectivity index (χ0) is 12.7. The Bertz CT molecular complexity index is 213. The molecule has 0 aliphatic heterocycles. The molecule has 3 nitrogen and oxygen atoms in total. The Labute approximate surface area is 103 Å². The fraction of sp³-hybridized carbons (Fsp3) is 1.00. The molecule has 1 rings (SSSR count). The summed E-state index contributed by atoms with van der Waals surface area (Å²) in [5, 5.41) is 3.18. The van der Waals surface area contributed by atoms with E-state index in [9.17, 15) is 8.78 Å². The molecule has 0 radical (unpaired) electrons. The first-order valence-electron chi connectivity index (χ1n) is 6.30. The lowest BCUT2D eigenvalue weighted by Gasteiger charge is -2.12. The number of nitrogens with one attached hydrogen (secondary N) is 1. The molecule has 1 atom stereocenters. The fourth-order valence-corrected chi connectivity index (χ4v) is 2.02. The summed E-state index contributed by atoms with van der Waals surface area (Å²) in [6.45, 7) is 3.71. The van der Waals surface area contributed by atoms with Crippen LogP contribution in [0.15, 0.2) is 0 Å². The maximum Gasteiger partial charge on any atom is 0.248 e. The van der Waals surface area contributed by atoms with Crippen molar-refractivity contribution in [3.63, 3.8) is 0 Å². The average Bonchev–Trinajstić information content (AvgIpc) is 2.56. The monoisotopic (exact) mass is 250 g/mol. The highest BCUT2D eigenvalue weighted by Crippen LogP contribution is 2.38. The first kappa shape index (κ1) is 14.8. The standard InChI is InChI=1S/C12H24F2N2O/c1-16(2)6-8-17-7-5-15-10-11-3-4-12(13,14)9-11/h11,15H,3-10H2,1-2H3. The number of halogens is 2. The fourth-order valence-electron chi connectivity index (χ4n) is 2.02. The van der Waals surface area contributed by atoms with Gasteiger partial charge in [0.05, 0.1) is 13.2 Å². The highest BCUT2D eigenvalue weighted by molar-refractivity contribution is 4.82. The lowest BCUT2D eigenvalue weighted by molar-refractivity contribution is 0.00503. The Morgan fingerprint density at radius 3 is 2.71 bits per heavy atom. The third kappa shape index (κ3) is 6.91. The van der Waals surface area contributed by atoms with Crippen LogP contribution in [-0.4, -0.2) is 57.8 Å². The van der Waals surface area contributed by atoms with Crippen LogP contribution >= 0.6 is 0 Å². The van der Waals surface area contributed by atoms with Gasteiger partial charge in [-0.05, 0) is 33.0 Å². The van der Waals surface area contributed by atoms with Crippen molar-refractivity contribution in [2.75, 3.05) is 46.9 Å². The smallest absolute Gasteiger partial charge is 0.248 e. The molecule has 0 aromatic rings. The van der Waals surface area contributed by atoms with Gasteiger partial charge in [0.2, 0.25) is 5.92 Å². The van der Waals surface area contributed by atoms with Gasteiger partial charge in [0, 0.05) is 25.9 Å². The molecule has 0 aromatic carbocycles. The van der Waals surface area contributed by atoms with Crippen LogP contribution in [0.2, 0.25) is 0 Å². The van der Waals surface area contributed by atoms with Crippen LogP contribution in [0.3, 0.4) is 0 Å². The summed E-state index contributed by atoms with van der Waals surface area (Å²) >= 11 is 0. The minimum Gasteiger partial charge on any atom is -0.379 e. The van der Waals surface area contributed by atoms with E-state index in [1.807, 2.05) is 14.1 Å². The topological polar surface area (TPSA) is 24.5 Å². The van der Waals surface area contributed by atoms with Gasteiger partial charge in [-0.1, -0.05) is 0 Å². The minimum absolute atomic E-state index is 0.0431. The van der Waals surface area contributed by atoms with Gasteiger partial charge in [0.15, 0.2) is 0 Å². The molecule has 1 fully saturated rings. The number of ether oxygens (including phenoxy) is 1. The van der Waals surface area contributed by atoms with E-state index in [0.717, 1.165) is 19.7 Å². The summed E-state index contributed by atoms with van der Waals surface area (Å²) in [5.41, 5.74) is 0. The van der Waals surface area contributed by atoms with Gasteiger partial charge >= 0.3 is 0 Å². The summed E-state index contributed by atoms with van der Waals surface area (Å²) < 4.78 is 31.2. The Morgan fingerprint density at radius 1 is 1.35 bits per heavy atom. The molecule has 1 unspecified atom stereocenters. The van der Waals surface area contributed by atoms with Crippen molar-refractivity contribution in [3.05, 3.63) is 0 Å². The van der Waals surface area contributed by atoms with E-state index in [0.29, 0.717) is 19.6 Å². The van der Waals surface area contributed by atoms with Crippen molar-refractivity contribution in [2.24, 2.45) is 5.92 Å². The van der Waals surface area contributed by atoms with Gasteiger partial charge in [0.25, 0.3) is 0 Å². The van der Waals surface area contributed by atoms with Crippen LogP contribution in [0.4, 0.5) is 8.78 Å². The molecule has 1 aliphatic carbocycles. The molecule has 0 heterocycles. The van der Waals surface area contributed by atoms with Crippen molar-refractivity contribution in [3.8, 4) is 0 Å². The van der Waals surface area contributed by atoms with Crippen molar-refractivity contribution >= 4 is 0 Å². The van der Waals surface area contributed by atoms with Crippen LogP contribution in [0, 0.1) is 5.92 Å². The third-order valence-electron chi connectivity index (χ3n) is 3.04. The Hall–Kier alpha value is -0.260. The molecule has 1 aliphatic rings.